The highest BCUT2D eigenvalue weighted by atomic mass is 32.1. The maximum atomic E-state index is 11.6. The van der Waals surface area contributed by atoms with E-state index >= 15 is 0 Å². The molecule has 8 heteroatoms. The Kier molecular flexibility index (Phi) is 4.85. The molecule has 17 heavy (non-hydrogen) atoms. The van der Waals surface area contributed by atoms with Gasteiger partial charge in [0.2, 0.25) is 5.13 Å². The largest absolute Gasteiger partial charge is 0.462 e. The Morgan fingerprint density at radius 3 is 2.76 bits per heavy atom. The van der Waals surface area contributed by atoms with Crippen LogP contribution in [0, 0.1) is 0 Å². The molecule has 4 N–H and O–H groups in total. The van der Waals surface area contributed by atoms with Gasteiger partial charge < -0.3 is 20.9 Å². The molecule has 0 aliphatic heterocycles. The fourth-order valence-electron chi connectivity index (χ4n) is 1.09. The van der Waals surface area contributed by atoms with Crippen LogP contribution in [-0.2, 0) is 16.1 Å². The van der Waals surface area contributed by atoms with Crippen molar-refractivity contribution in [2.75, 3.05) is 13.7 Å². The average Bonchev–Trinajstić information content (AvgIpc) is 2.61. The van der Waals surface area contributed by atoms with Crippen LogP contribution in [0.15, 0.2) is 4.99 Å². The number of aliphatic imine (C=N–C) groups is 1. The summed E-state index contributed by atoms with van der Waals surface area (Å²) in [5, 5.41) is 0.306. The number of nitrogens with two attached hydrogens (primary N) is 2. The van der Waals surface area contributed by atoms with E-state index in [-0.39, 0.29) is 12.6 Å². The van der Waals surface area contributed by atoms with E-state index in [1.54, 1.807) is 6.92 Å². The molecule has 1 heterocycles. The number of guanidine groups is 1. The number of esters is 1. The normalized spacial score (nSPS) is 10.0. The summed E-state index contributed by atoms with van der Waals surface area (Å²) in [6.45, 7) is 2.22. The van der Waals surface area contributed by atoms with Crippen molar-refractivity contribution in [1.82, 2.24) is 4.98 Å². The van der Waals surface area contributed by atoms with Crippen molar-refractivity contribution >= 4 is 28.4 Å². The van der Waals surface area contributed by atoms with Crippen LogP contribution in [0.2, 0.25) is 0 Å². The third-order valence-corrected chi connectivity index (χ3v) is 2.62. The van der Waals surface area contributed by atoms with Gasteiger partial charge in [0, 0.05) is 7.11 Å². The van der Waals surface area contributed by atoms with Crippen molar-refractivity contribution in [2.24, 2.45) is 16.5 Å². The summed E-state index contributed by atoms with van der Waals surface area (Å²) < 4.78 is 9.84. The maximum absolute atomic E-state index is 11.6. The van der Waals surface area contributed by atoms with E-state index in [1.165, 1.54) is 7.11 Å². The van der Waals surface area contributed by atoms with Gasteiger partial charge in [-0.05, 0) is 6.92 Å². The summed E-state index contributed by atoms with van der Waals surface area (Å²) >= 11 is 1.06. The molecule has 0 radical (unpaired) electrons. The number of carbonyl (C=O) groups excluding carboxylic acids is 1. The van der Waals surface area contributed by atoms with Crippen molar-refractivity contribution in [3.8, 4) is 0 Å². The van der Waals surface area contributed by atoms with E-state index in [9.17, 15) is 4.79 Å². The Balaban J connectivity index is 3.04. The molecule has 0 saturated carbocycles. The quantitative estimate of drug-likeness (QED) is 0.448. The van der Waals surface area contributed by atoms with Gasteiger partial charge >= 0.3 is 5.97 Å². The van der Waals surface area contributed by atoms with Crippen LogP contribution >= 0.6 is 11.3 Å². The zero-order valence-corrected chi connectivity index (χ0v) is 10.4. The maximum Gasteiger partial charge on any atom is 0.350 e. The monoisotopic (exact) mass is 258 g/mol. The molecule has 0 unspecified atom stereocenters. The number of rotatable bonds is 5. The minimum absolute atomic E-state index is 0.113. The molecule has 1 rings (SSSR count). The zero-order valence-electron chi connectivity index (χ0n) is 9.60. The fourth-order valence-corrected chi connectivity index (χ4v) is 1.94. The second-order valence-electron chi connectivity index (χ2n) is 2.96. The van der Waals surface area contributed by atoms with Gasteiger partial charge in [0.15, 0.2) is 5.96 Å². The van der Waals surface area contributed by atoms with Gasteiger partial charge in [-0.25, -0.2) is 9.78 Å². The van der Waals surface area contributed by atoms with Crippen LogP contribution in [0.3, 0.4) is 0 Å². The second-order valence-corrected chi connectivity index (χ2v) is 3.94. The van der Waals surface area contributed by atoms with Crippen LogP contribution < -0.4 is 11.5 Å². The summed E-state index contributed by atoms with van der Waals surface area (Å²) in [4.78, 5) is 19.8. The molecule has 0 bridgehead atoms. The van der Waals surface area contributed by atoms with E-state index in [1.807, 2.05) is 0 Å². The Labute approximate surface area is 102 Å². The lowest BCUT2D eigenvalue weighted by Crippen LogP contribution is -2.21. The van der Waals surface area contributed by atoms with Crippen molar-refractivity contribution in [1.29, 1.82) is 0 Å². The average molecular weight is 258 g/mol. The predicted octanol–water partition coefficient (Wildman–Crippen LogP) is 0.371. The number of aromatic nitrogens is 1. The van der Waals surface area contributed by atoms with E-state index in [0.29, 0.717) is 22.3 Å². The fraction of sp³-hybridized carbons (Fsp3) is 0.444. The van der Waals surface area contributed by atoms with Gasteiger partial charge in [-0.1, -0.05) is 11.3 Å². The van der Waals surface area contributed by atoms with Gasteiger partial charge in [0.05, 0.1) is 18.9 Å². The molecule has 0 aliphatic rings. The topological polar surface area (TPSA) is 113 Å². The van der Waals surface area contributed by atoms with E-state index in [2.05, 4.69) is 9.98 Å². The Bertz CT molecular complexity index is 426. The van der Waals surface area contributed by atoms with Gasteiger partial charge in [0.25, 0.3) is 0 Å². The van der Waals surface area contributed by atoms with Crippen LogP contribution in [0.5, 0.6) is 0 Å². The molecule has 7 nitrogen and oxygen atoms in total. The van der Waals surface area contributed by atoms with Gasteiger partial charge in [-0.2, -0.15) is 4.99 Å². The summed E-state index contributed by atoms with van der Waals surface area (Å²) in [5.41, 5.74) is 10.9. The minimum Gasteiger partial charge on any atom is -0.462 e. The summed E-state index contributed by atoms with van der Waals surface area (Å²) in [7, 11) is 1.51. The predicted molar refractivity (Wildman–Crippen MR) is 64.3 cm³/mol. The van der Waals surface area contributed by atoms with Crippen LogP contribution in [-0.4, -0.2) is 30.6 Å². The van der Waals surface area contributed by atoms with Crippen LogP contribution in [0.4, 0.5) is 5.13 Å². The first-order chi connectivity index (χ1) is 8.08. The number of methoxy groups -OCH3 is 1. The SMILES string of the molecule is CCOC(=O)c1sc(N=C(N)N)nc1COC. The van der Waals surface area contributed by atoms with Crippen molar-refractivity contribution in [2.45, 2.75) is 13.5 Å². The molecule has 0 spiro atoms. The van der Waals surface area contributed by atoms with Crippen molar-refractivity contribution in [3.05, 3.63) is 10.6 Å². The highest BCUT2D eigenvalue weighted by Crippen LogP contribution is 2.26. The lowest BCUT2D eigenvalue weighted by molar-refractivity contribution is 0.0527. The van der Waals surface area contributed by atoms with E-state index < -0.39 is 5.97 Å². The Morgan fingerprint density at radius 2 is 2.24 bits per heavy atom. The molecule has 1 aromatic rings. The number of hydrogen-bond donors (Lipinski definition) is 2. The lowest BCUT2D eigenvalue weighted by Gasteiger charge is -2.00. The molecular weight excluding hydrogens is 244 g/mol. The summed E-state index contributed by atoms with van der Waals surface area (Å²) in [6, 6.07) is 0. The zero-order chi connectivity index (χ0) is 12.8. The summed E-state index contributed by atoms with van der Waals surface area (Å²) in [6.07, 6.45) is 0. The smallest absolute Gasteiger partial charge is 0.350 e. The molecule has 0 atom stereocenters. The van der Waals surface area contributed by atoms with E-state index in [4.69, 9.17) is 20.9 Å². The van der Waals surface area contributed by atoms with Crippen molar-refractivity contribution < 1.29 is 14.3 Å². The first-order valence-electron chi connectivity index (χ1n) is 4.83. The van der Waals surface area contributed by atoms with Crippen molar-refractivity contribution in [3.63, 3.8) is 0 Å². The molecule has 0 amide bonds. The molecular formula is C9H14N4O3S. The third-order valence-electron chi connectivity index (χ3n) is 1.65. The van der Waals surface area contributed by atoms with Crippen LogP contribution in [0.25, 0.3) is 0 Å². The molecule has 0 fully saturated rings. The molecule has 0 aromatic carbocycles. The summed E-state index contributed by atoms with van der Waals surface area (Å²) in [5.74, 6) is -0.563. The lowest BCUT2D eigenvalue weighted by atomic mass is 10.4. The molecule has 94 valence electrons. The number of hydrogen-bond acceptors (Lipinski definition) is 6. The van der Waals surface area contributed by atoms with E-state index in [0.717, 1.165) is 11.3 Å². The molecule has 1 aromatic heterocycles. The number of carbonyl (C=O) groups is 1. The first kappa shape index (κ1) is 13.4. The molecule has 0 saturated heterocycles. The highest BCUT2D eigenvalue weighted by Gasteiger charge is 2.19. The Morgan fingerprint density at radius 1 is 1.53 bits per heavy atom. The Hall–Kier alpha value is -1.67. The number of ether oxygens (including phenoxy) is 2. The number of nitrogens with zero attached hydrogens (tertiary/aromatic N) is 2. The van der Waals surface area contributed by atoms with Crippen LogP contribution in [0.1, 0.15) is 22.3 Å². The molecule has 0 aliphatic carbocycles. The van der Waals surface area contributed by atoms with Gasteiger partial charge in [-0.3, -0.25) is 0 Å². The third kappa shape index (κ3) is 3.68. The van der Waals surface area contributed by atoms with Gasteiger partial charge in [-0.15, -0.1) is 0 Å². The number of thiazole rings is 1. The van der Waals surface area contributed by atoms with Gasteiger partial charge in [0.1, 0.15) is 4.88 Å². The standard InChI is InChI=1S/C9H14N4O3S/c1-3-16-7(14)6-5(4-15-2)12-9(17-6)13-8(10)11/h3-4H2,1-2H3,(H4,10,11,12,13). The second kappa shape index (κ2) is 6.16. The first-order valence-corrected chi connectivity index (χ1v) is 5.65. The minimum atomic E-state index is -0.450. The highest BCUT2D eigenvalue weighted by molar-refractivity contribution is 7.17.